The minimum absolute atomic E-state index is 0.542. The molecule has 0 radical (unpaired) electrons. The van der Waals surface area contributed by atoms with Crippen LogP contribution in [-0.4, -0.2) is 24.6 Å². The second-order valence-electron chi connectivity index (χ2n) is 4.75. The third-order valence-corrected chi connectivity index (χ3v) is 4.37. The van der Waals surface area contributed by atoms with Crippen LogP contribution in [0.5, 0.6) is 0 Å². The van der Waals surface area contributed by atoms with Crippen molar-refractivity contribution in [2.45, 2.75) is 26.3 Å². The van der Waals surface area contributed by atoms with Crippen LogP contribution in [0, 0.1) is 5.92 Å². The van der Waals surface area contributed by atoms with Crippen LogP contribution >= 0.6 is 23.4 Å². The average Bonchev–Trinajstić information content (AvgIpc) is 2.30. The van der Waals surface area contributed by atoms with E-state index in [-0.39, 0.29) is 0 Å². The molecule has 1 unspecified atom stereocenters. The van der Waals surface area contributed by atoms with Gasteiger partial charge in [0.1, 0.15) is 0 Å². The van der Waals surface area contributed by atoms with Gasteiger partial charge in [-0.2, -0.15) is 11.8 Å². The quantitative estimate of drug-likeness (QED) is 0.808. The zero-order valence-corrected chi connectivity index (χ0v) is 12.4. The lowest BCUT2D eigenvalue weighted by Gasteiger charge is -2.16. The predicted molar refractivity (Wildman–Crippen MR) is 80.2 cm³/mol. The highest BCUT2D eigenvalue weighted by Gasteiger charge is 2.07. The smallest absolute Gasteiger partial charge is 0.0406 e. The van der Waals surface area contributed by atoms with Gasteiger partial charge >= 0.3 is 0 Å². The molecular formula is C14H22ClNS. The highest BCUT2D eigenvalue weighted by atomic mass is 35.5. The fraction of sp³-hybridized carbons (Fsp3) is 0.571. The van der Waals surface area contributed by atoms with Crippen LogP contribution in [0.3, 0.4) is 0 Å². The summed E-state index contributed by atoms with van der Waals surface area (Å²) in [5.41, 5.74) is 1.35. The predicted octanol–water partition coefficient (Wildman–Crippen LogP) is 3.86. The molecule has 0 saturated carbocycles. The van der Waals surface area contributed by atoms with Gasteiger partial charge in [0.05, 0.1) is 0 Å². The largest absolute Gasteiger partial charge is 0.316 e. The van der Waals surface area contributed by atoms with Gasteiger partial charge in [-0.05, 0) is 42.8 Å². The summed E-state index contributed by atoms with van der Waals surface area (Å²) in [6.45, 7) is 4.53. The Hall–Kier alpha value is -0.180. The third kappa shape index (κ3) is 6.35. The Morgan fingerprint density at radius 1 is 1.18 bits per heavy atom. The molecule has 1 atom stereocenters. The monoisotopic (exact) mass is 271 g/mol. The lowest BCUT2D eigenvalue weighted by atomic mass is 10.1. The Balaban J connectivity index is 2.38. The SMILES string of the molecule is CNC(CSCC(C)C)Cc1ccc(Cl)cc1. The molecule has 0 spiro atoms. The van der Waals surface area contributed by atoms with Crippen molar-refractivity contribution in [3.8, 4) is 0 Å². The van der Waals surface area contributed by atoms with E-state index in [0.717, 1.165) is 23.1 Å². The van der Waals surface area contributed by atoms with Gasteiger partial charge in [0.2, 0.25) is 0 Å². The van der Waals surface area contributed by atoms with Crippen LogP contribution < -0.4 is 5.32 Å². The number of likely N-dealkylation sites (N-methyl/N-ethyl adjacent to an activating group) is 1. The van der Waals surface area contributed by atoms with Crippen LogP contribution in [0.4, 0.5) is 0 Å². The molecule has 1 aromatic carbocycles. The number of rotatable bonds is 7. The van der Waals surface area contributed by atoms with Gasteiger partial charge in [-0.25, -0.2) is 0 Å². The third-order valence-electron chi connectivity index (χ3n) is 2.57. The molecule has 0 saturated heterocycles. The second-order valence-corrected chi connectivity index (χ2v) is 6.26. The van der Waals surface area contributed by atoms with Crippen molar-refractivity contribution in [3.63, 3.8) is 0 Å². The summed E-state index contributed by atoms with van der Waals surface area (Å²) >= 11 is 7.91. The summed E-state index contributed by atoms with van der Waals surface area (Å²) in [7, 11) is 2.04. The molecule has 0 heterocycles. The fourth-order valence-corrected chi connectivity index (χ4v) is 2.90. The molecule has 0 amide bonds. The van der Waals surface area contributed by atoms with Crippen LogP contribution in [0.15, 0.2) is 24.3 Å². The summed E-state index contributed by atoms with van der Waals surface area (Å²) in [6.07, 6.45) is 1.07. The molecule has 3 heteroatoms. The van der Waals surface area contributed by atoms with E-state index in [4.69, 9.17) is 11.6 Å². The maximum Gasteiger partial charge on any atom is 0.0406 e. The minimum atomic E-state index is 0.542. The first kappa shape index (κ1) is 14.9. The van der Waals surface area contributed by atoms with Gasteiger partial charge in [-0.3, -0.25) is 0 Å². The highest BCUT2D eigenvalue weighted by molar-refractivity contribution is 7.99. The molecule has 1 rings (SSSR count). The number of thioether (sulfide) groups is 1. The summed E-state index contributed by atoms with van der Waals surface area (Å²) in [6, 6.07) is 8.69. The molecule has 17 heavy (non-hydrogen) atoms. The lowest BCUT2D eigenvalue weighted by Crippen LogP contribution is -2.30. The minimum Gasteiger partial charge on any atom is -0.316 e. The maximum atomic E-state index is 5.88. The summed E-state index contributed by atoms with van der Waals surface area (Å²) in [5.74, 6) is 3.17. The van der Waals surface area contributed by atoms with Gasteiger partial charge in [-0.15, -0.1) is 0 Å². The average molecular weight is 272 g/mol. The van der Waals surface area contributed by atoms with Crippen LogP contribution in [0.1, 0.15) is 19.4 Å². The Morgan fingerprint density at radius 3 is 2.35 bits per heavy atom. The zero-order valence-electron chi connectivity index (χ0n) is 10.9. The van der Waals surface area contributed by atoms with Crippen molar-refractivity contribution in [1.29, 1.82) is 0 Å². The zero-order chi connectivity index (χ0) is 12.7. The molecule has 0 bridgehead atoms. The summed E-state index contributed by atoms with van der Waals surface area (Å²) in [5, 5.41) is 4.19. The molecule has 1 N–H and O–H groups in total. The Kier molecular flexibility index (Phi) is 7.02. The van der Waals surface area contributed by atoms with Crippen molar-refractivity contribution in [1.82, 2.24) is 5.32 Å². The second kappa shape index (κ2) is 8.02. The molecule has 96 valence electrons. The maximum absolute atomic E-state index is 5.88. The van der Waals surface area contributed by atoms with E-state index in [1.54, 1.807) is 0 Å². The van der Waals surface area contributed by atoms with E-state index in [9.17, 15) is 0 Å². The van der Waals surface area contributed by atoms with Gasteiger partial charge in [-0.1, -0.05) is 37.6 Å². The van der Waals surface area contributed by atoms with Crippen LogP contribution in [0.2, 0.25) is 5.02 Å². The molecule has 0 aliphatic heterocycles. The van der Waals surface area contributed by atoms with Crippen molar-refractivity contribution in [2.75, 3.05) is 18.6 Å². The van der Waals surface area contributed by atoms with E-state index < -0.39 is 0 Å². The van der Waals surface area contributed by atoms with Crippen molar-refractivity contribution >= 4 is 23.4 Å². The molecule has 1 nitrogen and oxygen atoms in total. The topological polar surface area (TPSA) is 12.0 Å². The Bertz CT molecular complexity index is 311. The number of halogens is 1. The first-order chi connectivity index (χ1) is 8.11. The first-order valence-corrected chi connectivity index (χ1v) is 7.64. The number of benzene rings is 1. The first-order valence-electron chi connectivity index (χ1n) is 6.11. The Morgan fingerprint density at radius 2 is 1.82 bits per heavy atom. The molecule has 0 aromatic heterocycles. The van der Waals surface area contributed by atoms with E-state index in [1.807, 2.05) is 30.9 Å². The summed E-state index contributed by atoms with van der Waals surface area (Å²) in [4.78, 5) is 0. The number of hydrogen-bond donors (Lipinski definition) is 1. The van der Waals surface area contributed by atoms with Crippen LogP contribution in [0.25, 0.3) is 0 Å². The van der Waals surface area contributed by atoms with Crippen molar-refractivity contribution < 1.29 is 0 Å². The molecule has 1 aromatic rings. The summed E-state index contributed by atoms with van der Waals surface area (Å²) < 4.78 is 0. The molecule has 0 aliphatic rings. The van der Waals surface area contributed by atoms with Gasteiger partial charge in [0, 0.05) is 16.8 Å². The highest BCUT2D eigenvalue weighted by Crippen LogP contribution is 2.14. The number of nitrogens with one attached hydrogen (secondary N) is 1. The van der Waals surface area contributed by atoms with E-state index in [1.165, 1.54) is 11.3 Å². The van der Waals surface area contributed by atoms with Gasteiger partial charge < -0.3 is 5.32 Å². The fourth-order valence-electron chi connectivity index (χ4n) is 1.60. The lowest BCUT2D eigenvalue weighted by molar-refractivity contribution is 0.616. The molecular weight excluding hydrogens is 250 g/mol. The van der Waals surface area contributed by atoms with Crippen molar-refractivity contribution in [2.24, 2.45) is 5.92 Å². The van der Waals surface area contributed by atoms with E-state index in [0.29, 0.717) is 6.04 Å². The Labute approximate surface area is 114 Å². The van der Waals surface area contributed by atoms with E-state index >= 15 is 0 Å². The van der Waals surface area contributed by atoms with Crippen molar-refractivity contribution in [3.05, 3.63) is 34.9 Å². The van der Waals surface area contributed by atoms with Gasteiger partial charge in [0.15, 0.2) is 0 Å². The normalized spacial score (nSPS) is 13.0. The standard InChI is InChI=1S/C14H22ClNS/c1-11(2)9-17-10-14(16-3)8-12-4-6-13(15)7-5-12/h4-7,11,14,16H,8-10H2,1-3H3. The van der Waals surface area contributed by atoms with E-state index in [2.05, 4.69) is 31.3 Å². The van der Waals surface area contributed by atoms with Crippen LogP contribution in [-0.2, 0) is 6.42 Å². The molecule has 0 aliphatic carbocycles. The molecule has 0 fully saturated rings. The number of hydrogen-bond acceptors (Lipinski definition) is 2. The van der Waals surface area contributed by atoms with Gasteiger partial charge in [0.25, 0.3) is 0 Å².